The molecule has 218 valence electrons. The topological polar surface area (TPSA) is 60.0 Å². The van der Waals surface area contributed by atoms with Crippen molar-refractivity contribution in [1.82, 2.24) is 10.2 Å². The van der Waals surface area contributed by atoms with E-state index in [1.807, 2.05) is 6.07 Å². The van der Waals surface area contributed by atoms with Crippen molar-refractivity contribution in [3.8, 4) is 0 Å². The zero-order valence-electron chi connectivity index (χ0n) is 24.6. The lowest BCUT2D eigenvalue weighted by Crippen LogP contribution is -2.35. The summed E-state index contributed by atoms with van der Waals surface area (Å²) in [5, 5.41) is 3.61. The van der Waals surface area contributed by atoms with Gasteiger partial charge in [0, 0.05) is 45.2 Å². The monoisotopic (exact) mass is 548 g/mol. The van der Waals surface area contributed by atoms with Crippen LogP contribution < -0.4 is 5.32 Å². The highest BCUT2D eigenvalue weighted by atomic mass is 16.5. The number of likely N-dealkylation sites (tertiary alicyclic amines) is 1. The first-order valence-corrected chi connectivity index (χ1v) is 15.6. The van der Waals surface area contributed by atoms with Gasteiger partial charge in [-0.2, -0.15) is 0 Å². The number of nitrogens with zero attached hydrogens (tertiary/aromatic N) is 1. The second-order valence-electron chi connectivity index (χ2n) is 11.8. The van der Waals surface area contributed by atoms with Gasteiger partial charge in [-0.1, -0.05) is 42.0 Å². The van der Waals surface area contributed by atoms with E-state index in [9.17, 15) is 4.79 Å². The van der Waals surface area contributed by atoms with E-state index in [1.165, 1.54) is 47.9 Å². The van der Waals surface area contributed by atoms with Crippen molar-refractivity contribution < 1.29 is 19.0 Å². The maximum Gasteiger partial charge on any atom is 0.327 e. The molecule has 0 spiro atoms. The molecule has 1 aliphatic carbocycles. The van der Waals surface area contributed by atoms with Gasteiger partial charge < -0.3 is 19.5 Å². The number of methoxy groups -OCH3 is 1. The van der Waals surface area contributed by atoms with Crippen LogP contribution in [-0.4, -0.2) is 63.5 Å². The van der Waals surface area contributed by atoms with Crippen molar-refractivity contribution in [3.05, 3.63) is 70.0 Å². The van der Waals surface area contributed by atoms with Gasteiger partial charge in [-0.05, 0) is 99.3 Å². The van der Waals surface area contributed by atoms with Crippen LogP contribution in [0.25, 0.3) is 0 Å². The molecule has 5 rings (SSSR count). The number of benzene rings is 1. The summed E-state index contributed by atoms with van der Waals surface area (Å²) in [5.74, 6) is 0.249. The summed E-state index contributed by atoms with van der Waals surface area (Å²) >= 11 is 0. The molecule has 0 saturated carbocycles. The van der Waals surface area contributed by atoms with E-state index in [1.54, 1.807) is 0 Å². The van der Waals surface area contributed by atoms with E-state index in [0.717, 1.165) is 96.4 Å². The lowest BCUT2D eigenvalue weighted by Gasteiger charge is -2.31. The van der Waals surface area contributed by atoms with E-state index in [2.05, 4.69) is 47.5 Å². The highest BCUT2D eigenvalue weighted by molar-refractivity contribution is 5.78. The lowest BCUT2D eigenvalue weighted by molar-refractivity contribution is -0.147. The summed E-state index contributed by atoms with van der Waals surface area (Å²) in [6, 6.07) is 8.06. The molecule has 4 aliphatic rings. The minimum atomic E-state index is -0.381. The zero-order valence-corrected chi connectivity index (χ0v) is 24.6. The predicted molar refractivity (Wildman–Crippen MR) is 159 cm³/mol. The largest absolute Gasteiger partial charge is 0.468 e. The van der Waals surface area contributed by atoms with Crippen LogP contribution in [-0.2, 0) is 19.0 Å². The maximum atomic E-state index is 13.1. The van der Waals surface area contributed by atoms with Crippen molar-refractivity contribution in [2.24, 2.45) is 0 Å². The van der Waals surface area contributed by atoms with E-state index < -0.39 is 0 Å². The Balaban J connectivity index is 1.12. The van der Waals surface area contributed by atoms with Crippen molar-refractivity contribution in [2.75, 3.05) is 46.6 Å². The maximum absolute atomic E-state index is 13.1. The van der Waals surface area contributed by atoms with Crippen molar-refractivity contribution in [1.29, 1.82) is 0 Å². The molecule has 2 saturated heterocycles. The molecule has 6 nitrogen and oxygen atoms in total. The fourth-order valence-electron chi connectivity index (χ4n) is 6.85. The molecule has 1 N–H and O–H groups in total. The van der Waals surface area contributed by atoms with Crippen LogP contribution in [0.4, 0.5) is 0 Å². The number of carbonyl (C=O) groups is 1. The van der Waals surface area contributed by atoms with Crippen LogP contribution in [0.1, 0.15) is 94.2 Å². The molecule has 3 aliphatic heterocycles. The number of hydrogen-bond donors (Lipinski definition) is 1. The van der Waals surface area contributed by atoms with Crippen LogP contribution in [0.5, 0.6) is 0 Å². The van der Waals surface area contributed by atoms with Crippen molar-refractivity contribution >= 4 is 5.97 Å². The smallest absolute Gasteiger partial charge is 0.327 e. The summed E-state index contributed by atoms with van der Waals surface area (Å²) in [6.07, 6.45) is 15.9. The SMILES string of the molecule is COC(=O)C(c1ccccc1C1CCOCC1)N1CCC(OCCCCC2=C(C)CCC3=C(C=C2)CCCN3)C1. The third-order valence-electron chi connectivity index (χ3n) is 9.24. The van der Waals surface area contributed by atoms with E-state index in [4.69, 9.17) is 14.2 Å². The summed E-state index contributed by atoms with van der Waals surface area (Å²) in [6.45, 7) is 7.37. The molecule has 0 amide bonds. The van der Waals surface area contributed by atoms with Gasteiger partial charge in [0.2, 0.25) is 0 Å². The fourth-order valence-corrected chi connectivity index (χ4v) is 6.85. The Morgan fingerprint density at radius 1 is 1.10 bits per heavy atom. The quantitative estimate of drug-likeness (QED) is 0.271. The second-order valence-corrected chi connectivity index (χ2v) is 11.8. The van der Waals surface area contributed by atoms with Crippen LogP contribution in [0.15, 0.2) is 58.8 Å². The number of rotatable bonds is 10. The van der Waals surface area contributed by atoms with Crippen molar-refractivity contribution in [3.63, 3.8) is 0 Å². The van der Waals surface area contributed by atoms with Gasteiger partial charge in [0.1, 0.15) is 6.04 Å². The zero-order chi connectivity index (χ0) is 27.7. The molecule has 0 aromatic heterocycles. The van der Waals surface area contributed by atoms with Gasteiger partial charge in [-0.3, -0.25) is 4.90 Å². The van der Waals surface area contributed by atoms with Gasteiger partial charge in [0.25, 0.3) is 0 Å². The molecule has 6 heteroatoms. The summed E-state index contributed by atoms with van der Waals surface area (Å²) < 4.78 is 17.3. The van der Waals surface area contributed by atoms with Crippen LogP contribution in [0, 0.1) is 0 Å². The van der Waals surface area contributed by atoms with E-state index >= 15 is 0 Å². The number of ether oxygens (including phenoxy) is 3. The lowest BCUT2D eigenvalue weighted by atomic mass is 9.85. The molecular weight excluding hydrogens is 500 g/mol. The number of carbonyl (C=O) groups excluding carboxylic acids is 1. The minimum absolute atomic E-state index is 0.161. The standard InChI is InChI=1S/C34H48N2O4/c1-25-12-15-32-28(9-7-19-35-32)14-13-26(25)8-5-6-21-40-29-16-20-36(24-29)33(34(37)38-2)31-11-4-3-10-30(31)27-17-22-39-23-18-27/h3-4,10-11,13-14,27,29,33,35H,5-9,12,15-24H2,1-2H3. The summed E-state index contributed by atoms with van der Waals surface area (Å²) in [5.41, 5.74) is 8.36. The van der Waals surface area contributed by atoms with Crippen LogP contribution in [0.3, 0.4) is 0 Å². The number of allylic oxidation sites excluding steroid dienone is 6. The Kier molecular flexibility index (Phi) is 10.5. The normalized spacial score (nSPS) is 23.4. The highest BCUT2D eigenvalue weighted by Crippen LogP contribution is 2.36. The number of esters is 1. The third-order valence-corrected chi connectivity index (χ3v) is 9.24. The fraction of sp³-hybridized carbons (Fsp3) is 0.618. The number of nitrogens with one attached hydrogen (secondary N) is 1. The molecule has 40 heavy (non-hydrogen) atoms. The Bertz CT molecular complexity index is 1100. The Hall–Kier alpha value is -2.41. The van der Waals surface area contributed by atoms with Crippen LogP contribution in [0.2, 0.25) is 0 Å². The van der Waals surface area contributed by atoms with Gasteiger partial charge in [0.15, 0.2) is 0 Å². The second kappa shape index (κ2) is 14.5. The number of unbranched alkanes of at least 4 members (excludes halogenated alkanes) is 1. The first-order valence-electron chi connectivity index (χ1n) is 15.6. The van der Waals surface area contributed by atoms with Gasteiger partial charge in [-0.25, -0.2) is 4.79 Å². The van der Waals surface area contributed by atoms with Crippen LogP contribution >= 0.6 is 0 Å². The van der Waals surface area contributed by atoms with Gasteiger partial charge in [-0.15, -0.1) is 0 Å². The average Bonchev–Trinajstić information content (AvgIpc) is 3.45. The van der Waals surface area contributed by atoms with E-state index in [-0.39, 0.29) is 18.1 Å². The van der Waals surface area contributed by atoms with Gasteiger partial charge in [0.05, 0.1) is 13.2 Å². The first kappa shape index (κ1) is 29.1. The number of hydrogen-bond acceptors (Lipinski definition) is 6. The molecule has 1 aromatic rings. The Morgan fingerprint density at radius 3 is 2.80 bits per heavy atom. The predicted octanol–water partition coefficient (Wildman–Crippen LogP) is 6.36. The molecule has 2 atom stereocenters. The highest BCUT2D eigenvalue weighted by Gasteiger charge is 2.37. The minimum Gasteiger partial charge on any atom is -0.468 e. The molecule has 2 unspecified atom stereocenters. The molecule has 2 fully saturated rings. The summed E-state index contributed by atoms with van der Waals surface area (Å²) in [7, 11) is 1.50. The Labute approximate surface area is 240 Å². The third kappa shape index (κ3) is 7.26. The summed E-state index contributed by atoms with van der Waals surface area (Å²) in [4.78, 5) is 15.4. The average molecular weight is 549 g/mol. The molecule has 1 aromatic carbocycles. The molecule has 0 bridgehead atoms. The molecular formula is C34H48N2O4. The van der Waals surface area contributed by atoms with E-state index in [0.29, 0.717) is 5.92 Å². The first-order chi connectivity index (χ1) is 19.6. The molecule has 3 heterocycles. The Morgan fingerprint density at radius 2 is 1.95 bits per heavy atom. The van der Waals surface area contributed by atoms with Gasteiger partial charge >= 0.3 is 5.97 Å². The van der Waals surface area contributed by atoms with Crippen molar-refractivity contribution in [2.45, 2.75) is 89.2 Å². The molecule has 0 radical (unpaired) electrons.